The van der Waals surface area contributed by atoms with E-state index in [0.29, 0.717) is 6.54 Å². The van der Waals surface area contributed by atoms with Crippen LogP contribution in [0.1, 0.15) is 57.6 Å². The highest BCUT2D eigenvalue weighted by atomic mass is 35.5. The lowest BCUT2D eigenvalue weighted by molar-refractivity contribution is 0.0509. The third-order valence-corrected chi connectivity index (χ3v) is 4.72. The second-order valence-corrected chi connectivity index (χ2v) is 8.20. The van der Waals surface area contributed by atoms with Crippen LogP contribution in [0.3, 0.4) is 0 Å². The fraction of sp³-hybridized carbons (Fsp3) is 0.632. The number of benzene rings is 1. The Hall–Kier alpha value is -1.26. The molecule has 0 atom stereocenters. The monoisotopic (exact) mass is 352 g/mol. The fourth-order valence-corrected chi connectivity index (χ4v) is 3.39. The highest BCUT2D eigenvalue weighted by molar-refractivity contribution is 6.30. The van der Waals surface area contributed by atoms with Gasteiger partial charge in [-0.3, -0.25) is 0 Å². The Bertz CT molecular complexity index is 575. The van der Waals surface area contributed by atoms with Crippen LogP contribution < -0.4 is 10.6 Å². The Morgan fingerprint density at radius 2 is 1.96 bits per heavy atom. The zero-order chi connectivity index (χ0) is 17.8. The molecule has 1 fully saturated rings. The number of hydrogen-bond donors (Lipinski definition) is 2. The molecular formula is C19H29ClN2O2. The van der Waals surface area contributed by atoms with Crippen LogP contribution in [0.4, 0.5) is 4.79 Å². The van der Waals surface area contributed by atoms with E-state index in [9.17, 15) is 4.79 Å². The van der Waals surface area contributed by atoms with Crippen molar-refractivity contribution in [2.75, 3.05) is 6.54 Å². The maximum Gasteiger partial charge on any atom is 0.407 e. The molecule has 2 N–H and O–H groups in total. The third kappa shape index (κ3) is 5.67. The van der Waals surface area contributed by atoms with E-state index in [-0.39, 0.29) is 11.6 Å². The Balaban J connectivity index is 1.94. The number of carbonyl (C=O) groups is 1. The largest absolute Gasteiger partial charge is 0.444 e. The van der Waals surface area contributed by atoms with Gasteiger partial charge in [-0.25, -0.2) is 4.79 Å². The van der Waals surface area contributed by atoms with Crippen molar-refractivity contribution in [3.63, 3.8) is 0 Å². The van der Waals surface area contributed by atoms with Crippen LogP contribution in [-0.4, -0.2) is 23.8 Å². The van der Waals surface area contributed by atoms with Crippen LogP contribution in [0.5, 0.6) is 0 Å². The number of alkyl carbamates (subject to hydrolysis) is 1. The topological polar surface area (TPSA) is 50.4 Å². The molecule has 0 aromatic heterocycles. The van der Waals surface area contributed by atoms with Gasteiger partial charge in [0.25, 0.3) is 0 Å². The highest BCUT2D eigenvalue weighted by Crippen LogP contribution is 2.30. The first-order valence-corrected chi connectivity index (χ1v) is 9.04. The summed E-state index contributed by atoms with van der Waals surface area (Å²) in [5.41, 5.74) is 1.90. The predicted molar refractivity (Wildman–Crippen MR) is 98.5 cm³/mol. The van der Waals surface area contributed by atoms with Crippen molar-refractivity contribution in [1.82, 2.24) is 10.6 Å². The summed E-state index contributed by atoms with van der Waals surface area (Å²) in [5, 5.41) is 7.38. The van der Waals surface area contributed by atoms with Crippen molar-refractivity contribution in [3.8, 4) is 0 Å². The van der Waals surface area contributed by atoms with Crippen LogP contribution in [0.25, 0.3) is 0 Å². The SMILES string of the molecule is Cc1cc(Cl)ccc1CNC1(CNC(=O)OC(C)(C)C)CCCC1. The molecule has 1 aliphatic rings. The number of ether oxygens (including phenoxy) is 1. The van der Waals surface area contributed by atoms with E-state index < -0.39 is 5.60 Å². The highest BCUT2D eigenvalue weighted by Gasteiger charge is 2.34. The summed E-state index contributed by atoms with van der Waals surface area (Å²) < 4.78 is 5.35. The first-order chi connectivity index (χ1) is 11.2. The minimum Gasteiger partial charge on any atom is -0.444 e. The van der Waals surface area contributed by atoms with E-state index in [4.69, 9.17) is 16.3 Å². The normalized spacial score (nSPS) is 16.9. The van der Waals surface area contributed by atoms with Crippen molar-refractivity contribution in [2.24, 2.45) is 0 Å². The number of nitrogens with one attached hydrogen (secondary N) is 2. The number of hydrogen-bond acceptors (Lipinski definition) is 3. The van der Waals surface area contributed by atoms with E-state index in [0.717, 1.165) is 24.4 Å². The molecule has 0 aliphatic heterocycles. The molecule has 1 aromatic carbocycles. The first-order valence-electron chi connectivity index (χ1n) is 8.66. The van der Waals surface area contributed by atoms with Crippen LogP contribution in [0.2, 0.25) is 5.02 Å². The average Bonchev–Trinajstić information content (AvgIpc) is 2.92. The zero-order valence-electron chi connectivity index (χ0n) is 15.2. The van der Waals surface area contributed by atoms with Crippen LogP contribution in [0.15, 0.2) is 18.2 Å². The number of aryl methyl sites for hydroxylation is 1. The molecule has 0 bridgehead atoms. The summed E-state index contributed by atoms with van der Waals surface area (Å²) in [4.78, 5) is 11.9. The molecule has 0 unspecified atom stereocenters. The van der Waals surface area contributed by atoms with Crippen molar-refractivity contribution < 1.29 is 9.53 Å². The first kappa shape index (κ1) is 19.1. The molecular weight excluding hydrogens is 324 g/mol. The standard InChI is InChI=1S/C19H29ClN2O2/c1-14-11-16(20)8-7-15(14)12-22-19(9-5-6-10-19)13-21-17(23)24-18(2,3)4/h7-8,11,22H,5-6,9-10,12-13H2,1-4H3,(H,21,23). The zero-order valence-corrected chi connectivity index (χ0v) is 15.9. The summed E-state index contributed by atoms with van der Waals surface area (Å²) in [6, 6.07) is 5.97. The van der Waals surface area contributed by atoms with Crippen molar-refractivity contribution in [3.05, 3.63) is 34.3 Å². The Morgan fingerprint density at radius 1 is 1.29 bits per heavy atom. The third-order valence-electron chi connectivity index (χ3n) is 4.49. The Kier molecular flexibility index (Phi) is 6.16. The second kappa shape index (κ2) is 7.75. The summed E-state index contributed by atoms with van der Waals surface area (Å²) in [7, 11) is 0. The van der Waals surface area contributed by atoms with E-state index >= 15 is 0 Å². The van der Waals surface area contributed by atoms with Gasteiger partial charge in [-0.1, -0.05) is 30.5 Å². The minimum absolute atomic E-state index is 0.0526. The van der Waals surface area contributed by atoms with Gasteiger partial charge in [0.1, 0.15) is 5.60 Å². The molecule has 0 saturated heterocycles. The average molecular weight is 353 g/mol. The van der Waals surface area contributed by atoms with Gasteiger partial charge in [-0.15, -0.1) is 0 Å². The summed E-state index contributed by atoms with van der Waals surface area (Å²) in [6.45, 7) is 9.06. The molecule has 1 amide bonds. The van der Waals surface area contributed by atoms with E-state index in [1.807, 2.05) is 32.9 Å². The molecule has 2 rings (SSSR count). The van der Waals surface area contributed by atoms with Crippen LogP contribution in [0, 0.1) is 6.92 Å². The van der Waals surface area contributed by atoms with Gasteiger partial charge >= 0.3 is 6.09 Å². The Morgan fingerprint density at radius 3 is 2.54 bits per heavy atom. The smallest absolute Gasteiger partial charge is 0.407 e. The second-order valence-electron chi connectivity index (χ2n) is 7.77. The van der Waals surface area contributed by atoms with Gasteiger partial charge in [-0.05, 0) is 63.8 Å². The number of carbonyl (C=O) groups excluding carboxylic acids is 1. The maximum atomic E-state index is 11.9. The van der Waals surface area contributed by atoms with Gasteiger partial charge < -0.3 is 15.4 Å². The summed E-state index contributed by atoms with van der Waals surface area (Å²) in [6.07, 6.45) is 4.15. The summed E-state index contributed by atoms with van der Waals surface area (Å²) >= 11 is 6.03. The van der Waals surface area contributed by atoms with Crippen molar-refractivity contribution in [1.29, 1.82) is 0 Å². The molecule has 0 radical (unpaired) electrons. The lowest BCUT2D eigenvalue weighted by atomic mass is 9.96. The minimum atomic E-state index is -0.471. The molecule has 1 aliphatic carbocycles. The number of rotatable bonds is 5. The lowest BCUT2D eigenvalue weighted by Crippen LogP contribution is -2.52. The van der Waals surface area contributed by atoms with E-state index in [2.05, 4.69) is 23.6 Å². The summed E-state index contributed by atoms with van der Waals surface area (Å²) in [5.74, 6) is 0. The fourth-order valence-electron chi connectivity index (χ4n) is 3.16. The van der Waals surface area contributed by atoms with Gasteiger partial charge in [0, 0.05) is 23.7 Å². The Labute approximate surface area is 150 Å². The van der Waals surface area contributed by atoms with E-state index in [1.165, 1.54) is 24.0 Å². The molecule has 134 valence electrons. The lowest BCUT2D eigenvalue weighted by Gasteiger charge is -2.31. The van der Waals surface area contributed by atoms with Gasteiger partial charge in [0.15, 0.2) is 0 Å². The molecule has 4 nitrogen and oxygen atoms in total. The van der Waals surface area contributed by atoms with Crippen LogP contribution >= 0.6 is 11.6 Å². The van der Waals surface area contributed by atoms with Crippen molar-refractivity contribution >= 4 is 17.7 Å². The van der Waals surface area contributed by atoms with Gasteiger partial charge in [0.2, 0.25) is 0 Å². The van der Waals surface area contributed by atoms with Gasteiger partial charge in [-0.2, -0.15) is 0 Å². The molecule has 24 heavy (non-hydrogen) atoms. The predicted octanol–water partition coefficient (Wildman–Crippen LogP) is 4.58. The molecule has 5 heteroatoms. The molecule has 0 heterocycles. The maximum absolute atomic E-state index is 11.9. The molecule has 1 saturated carbocycles. The van der Waals surface area contributed by atoms with Gasteiger partial charge in [0.05, 0.1) is 0 Å². The van der Waals surface area contributed by atoms with E-state index in [1.54, 1.807) is 0 Å². The van der Waals surface area contributed by atoms with Crippen LogP contribution in [-0.2, 0) is 11.3 Å². The molecule has 0 spiro atoms. The quantitative estimate of drug-likeness (QED) is 0.815. The number of halogens is 1. The number of amides is 1. The van der Waals surface area contributed by atoms with Crippen molar-refractivity contribution in [2.45, 2.75) is 71.1 Å². The molecule has 1 aromatic rings.